The molecule has 1 atom stereocenters. The Balaban J connectivity index is 1.29. The van der Waals surface area contributed by atoms with Gasteiger partial charge in [0.05, 0.1) is 21.1 Å². The number of hydrogen-bond acceptors (Lipinski definition) is 6. The van der Waals surface area contributed by atoms with Gasteiger partial charge in [0.1, 0.15) is 5.03 Å². The van der Waals surface area contributed by atoms with Crippen molar-refractivity contribution in [2.75, 3.05) is 32.7 Å². The van der Waals surface area contributed by atoms with Crippen molar-refractivity contribution in [3.8, 4) is 0 Å². The summed E-state index contributed by atoms with van der Waals surface area (Å²) >= 11 is 7.43. The van der Waals surface area contributed by atoms with Gasteiger partial charge in [0.25, 0.3) is 15.9 Å². The Hall–Kier alpha value is -2.99. The number of H-pyrrole nitrogens is 1. The summed E-state index contributed by atoms with van der Waals surface area (Å²) in [6.07, 6.45) is 3.67. The van der Waals surface area contributed by atoms with E-state index in [2.05, 4.69) is 9.97 Å². The second-order valence-electron chi connectivity index (χ2n) is 9.67. The third-order valence-corrected chi connectivity index (χ3v) is 10.4. The second-order valence-corrected chi connectivity index (χ2v) is 13.1. The number of aromatic nitrogens is 2. The van der Waals surface area contributed by atoms with Crippen LogP contribution in [0.1, 0.15) is 28.9 Å². The van der Waals surface area contributed by atoms with Gasteiger partial charge in [0.15, 0.2) is 0 Å². The fraction of sp³-hybridized carbons (Fsp3) is 0.346. The van der Waals surface area contributed by atoms with Gasteiger partial charge in [-0.2, -0.15) is 4.31 Å². The number of benzene rings is 1. The molecule has 2 aliphatic heterocycles. The molecule has 9 nitrogen and oxygen atoms in total. The molecule has 1 N–H and O–H groups in total. The third-order valence-electron chi connectivity index (χ3n) is 7.25. The molecule has 12 heteroatoms. The van der Waals surface area contributed by atoms with Crippen LogP contribution >= 0.6 is 22.9 Å². The number of rotatable bonds is 5. The SMILES string of the molecule is O=C(CC1CN(S(=O)(=O)c2cc3ccc(Cl)cc3[nH]2)CCN1C(=O)c1cc2ncccc2s1)N1CCCC1. The number of carbonyl (C=O) groups is 2. The topological polar surface area (TPSA) is 107 Å². The molecule has 3 aromatic heterocycles. The van der Waals surface area contributed by atoms with Crippen molar-refractivity contribution >= 4 is 65.9 Å². The number of halogens is 1. The summed E-state index contributed by atoms with van der Waals surface area (Å²) in [5.41, 5.74) is 1.37. The van der Waals surface area contributed by atoms with Crippen LogP contribution in [-0.4, -0.2) is 83.1 Å². The lowest BCUT2D eigenvalue weighted by atomic mass is 10.1. The number of nitrogens with one attached hydrogen (secondary N) is 1. The monoisotopic (exact) mass is 571 g/mol. The molecular weight excluding hydrogens is 546 g/mol. The van der Waals surface area contributed by atoms with Gasteiger partial charge in [-0.25, -0.2) is 8.42 Å². The van der Waals surface area contributed by atoms with Crippen molar-refractivity contribution in [2.45, 2.75) is 30.3 Å². The number of fused-ring (bicyclic) bond motifs is 2. The molecule has 1 unspecified atom stereocenters. The number of pyridine rings is 1. The normalized spacial score (nSPS) is 19.0. The van der Waals surface area contributed by atoms with Gasteiger partial charge >= 0.3 is 0 Å². The van der Waals surface area contributed by atoms with Crippen LogP contribution in [-0.2, 0) is 14.8 Å². The lowest BCUT2D eigenvalue weighted by Gasteiger charge is -2.40. The number of piperazine rings is 1. The first-order valence-electron chi connectivity index (χ1n) is 12.5. The number of likely N-dealkylation sites (tertiary alicyclic amines) is 1. The van der Waals surface area contributed by atoms with Gasteiger partial charge in [-0.15, -0.1) is 11.3 Å². The van der Waals surface area contributed by atoms with Gasteiger partial charge in [-0.3, -0.25) is 14.6 Å². The molecule has 0 bridgehead atoms. The van der Waals surface area contributed by atoms with Crippen LogP contribution in [0.4, 0.5) is 0 Å². The van der Waals surface area contributed by atoms with Crippen molar-refractivity contribution in [2.24, 2.45) is 0 Å². The van der Waals surface area contributed by atoms with E-state index in [9.17, 15) is 18.0 Å². The van der Waals surface area contributed by atoms with E-state index >= 15 is 0 Å². The quantitative estimate of drug-likeness (QED) is 0.390. The average Bonchev–Trinajstić information content (AvgIpc) is 3.67. The zero-order chi connectivity index (χ0) is 26.4. The van der Waals surface area contributed by atoms with Crippen LogP contribution in [0.5, 0.6) is 0 Å². The predicted molar refractivity (Wildman–Crippen MR) is 147 cm³/mol. The summed E-state index contributed by atoms with van der Waals surface area (Å²) in [5, 5.41) is 1.31. The van der Waals surface area contributed by atoms with E-state index in [1.54, 1.807) is 46.3 Å². The maximum absolute atomic E-state index is 13.7. The van der Waals surface area contributed by atoms with E-state index in [0.717, 1.165) is 28.4 Å². The molecule has 0 radical (unpaired) electrons. The van der Waals surface area contributed by atoms with Gasteiger partial charge in [0.2, 0.25) is 5.91 Å². The van der Waals surface area contributed by atoms with Crippen molar-refractivity contribution in [3.63, 3.8) is 0 Å². The van der Waals surface area contributed by atoms with Crippen LogP contribution in [0.3, 0.4) is 0 Å². The van der Waals surface area contributed by atoms with E-state index in [4.69, 9.17) is 11.6 Å². The molecule has 0 saturated carbocycles. The van der Waals surface area contributed by atoms with E-state index < -0.39 is 16.1 Å². The van der Waals surface area contributed by atoms with E-state index in [1.165, 1.54) is 15.6 Å². The Morgan fingerprint density at radius 1 is 1.08 bits per heavy atom. The number of carbonyl (C=O) groups excluding carboxylic acids is 2. The Kier molecular flexibility index (Phi) is 6.63. The standard InChI is InChI=1S/C26H26ClN5O4S2/c27-18-6-5-17-12-24(29-20(17)13-18)38(35,36)31-10-11-32(19(16-31)14-25(33)30-8-1-2-9-30)26(34)23-15-21-22(37-23)4-3-7-28-21/h3-7,12-13,15,19,29H,1-2,8-11,14,16H2. The maximum atomic E-state index is 13.7. The number of nitrogens with zero attached hydrogens (tertiary/aromatic N) is 4. The molecular formula is C26H26ClN5O4S2. The third kappa shape index (κ3) is 4.68. The minimum Gasteiger partial charge on any atom is -0.344 e. The fourth-order valence-corrected chi connectivity index (χ4v) is 7.88. The molecule has 198 valence electrons. The van der Waals surface area contributed by atoms with E-state index in [-0.39, 0.29) is 42.9 Å². The first kappa shape index (κ1) is 25.3. The number of amides is 2. The van der Waals surface area contributed by atoms with Crippen LogP contribution in [0.15, 0.2) is 53.7 Å². The summed E-state index contributed by atoms with van der Waals surface area (Å²) in [5.74, 6) is -0.257. The highest BCUT2D eigenvalue weighted by molar-refractivity contribution is 7.89. The minimum atomic E-state index is -3.89. The number of sulfonamides is 1. The van der Waals surface area contributed by atoms with Crippen LogP contribution in [0.2, 0.25) is 5.02 Å². The number of hydrogen-bond donors (Lipinski definition) is 1. The van der Waals surface area contributed by atoms with Crippen molar-refractivity contribution < 1.29 is 18.0 Å². The number of thiophene rings is 1. The zero-order valence-electron chi connectivity index (χ0n) is 20.5. The van der Waals surface area contributed by atoms with Crippen molar-refractivity contribution in [1.82, 2.24) is 24.1 Å². The molecule has 38 heavy (non-hydrogen) atoms. The number of aromatic amines is 1. The second kappa shape index (κ2) is 9.96. The molecule has 0 spiro atoms. The highest BCUT2D eigenvalue weighted by atomic mass is 35.5. The molecule has 5 heterocycles. The van der Waals surface area contributed by atoms with Gasteiger partial charge in [0, 0.05) is 61.3 Å². The summed E-state index contributed by atoms with van der Waals surface area (Å²) < 4.78 is 29.6. The summed E-state index contributed by atoms with van der Waals surface area (Å²) in [4.78, 5) is 38.1. The fourth-order valence-electron chi connectivity index (χ4n) is 5.25. The Morgan fingerprint density at radius 2 is 1.89 bits per heavy atom. The van der Waals surface area contributed by atoms with E-state index in [1.807, 2.05) is 12.1 Å². The predicted octanol–water partition coefficient (Wildman–Crippen LogP) is 3.96. The smallest absolute Gasteiger partial charge is 0.264 e. The van der Waals surface area contributed by atoms with Crippen LogP contribution in [0.25, 0.3) is 21.1 Å². The molecule has 6 rings (SSSR count). The molecule has 4 aromatic rings. The Labute approximate surface area is 229 Å². The Morgan fingerprint density at radius 3 is 2.68 bits per heavy atom. The molecule has 1 aromatic carbocycles. The lowest BCUT2D eigenvalue weighted by molar-refractivity contribution is -0.131. The van der Waals surface area contributed by atoms with Crippen LogP contribution in [0, 0.1) is 0 Å². The highest BCUT2D eigenvalue weighted by Crippen LogP contribution is 2.30. The molecule has 2 aliphatic rings. The average molecular weight is 572 g/mol. The highest BCUT2D eigenvalue weighted by Gasteiger charge is 2.39. The van der Waals surface area contributed by atoms with Crippen molar-refractivity contribution in [3.05, 3.63) is 58.6 Å². The van der Waals surface area contributed by atoms with Gasteiger partial charge in [-0.05, 0) is 49.2 Å². The Bertz CT molecular complexity index is 1610. The lowest BCUT2D eigenvalue weighted by Crippen LogP contribution is -2.57. The first-order chi connectivity index (χ1) is 18.3. The molecule has 2 saturated heterocycles. The van der Waals surface area contributed by atoms with Crippen molar-refractivity contribution in [1.29, 1.82) is 0 Å². The van der Waals surface area contributed by atoms with Gasteiger partial charge in [-0.1, -0.05) is 17.7 Å². The largest absolute Gasteiger partial charge is 0.344 e. The summed E-state index contributed by atoms with van der Waals surface area (Å²) in [6.45, 7) is 1.74. The maximum Gasteiger partial charge on any atom is 0.264 e. The summed E-state index contributed by atoms with van der Waals surface area (Å²) in [7, 11) is -3.89. The van der Waals surface area contributed by atoms with E-state index in [0.29, 0.717) is 28.5 Å². The molecule has 2 amide bonds. The summed E-state index contributed by atoms with van der Waals surface area (Å²) in [6, 6.07) is 11.7. The van der Waals surface area contributed by atoms with Crippen LogP contribution < -0.4 is 0 Å². The minimum absolute atomic E-state index is 0.0346. The molecule has 2 fully saturated rings. The zero-order valence-corrected chi connectivity index (χ0v) is 22.9. The first-order valence-corrected chi connectivity index (χ1v) is 15.1. The van der Waals surface area contributed by atoms with Gasteiger partial charge < -0.3 is 14.8 Å². The molecule has 0 aliphatic carbocycles.